The molecule has 0 atom stereocenters. The third-order valence-electron chi connectivity index (χ3n) is 9.20. The first-order valence-corrected chi connectivity index (χ1v) is 28.7. The largest absolute Gasteiger partial charge is 0.464 e. The molecule has 0 aliphatic rings. The fourth-order valence-electron chi connectivity index (χ4n) is 5.92. The number of fused-ring (bicyclic) bond motifs is 1. The fraction of sp³-hybridized carbons (Fsp3) is 0.400. The van der Waals surface area contributed by atoms with Crippen LogP contribution in [-0.2, 0) is 39.2 Å². The summed E-state index contributed by atoms with van der Waals surface area (Å²) in [7, 11) is -5.27. The molecule has 58 heavy (non-hydrogen) atoms. The topological polar surface area (TPSA) is 108 Å². The molecule has 0 unspecified atom stereocenters. The van der Waals surface area contributed by atoms with Crippen molar-refractivity contribution in [1.82, 2.24) is 14.8 Å². The van der Waals surface area contributed by atoms with Crippen molar-refractivity contribution in [1.29, 1.82) is 0 Å². The molecule has 1 N–H and O–H groups in total. The van der Waals surface area contributed by atoms with Crippen LogP contribution in [0.2, 0.25) is 51.4 Å². The zero-order valence-electron chi connectivity index (χ0n) is 33.7. The average molecular weight is 972 g/mol. The summed E-state index contributed by atoms with van der Waals surface area (Å²) in [5, 5.41) is 8.57. The molecule has 0 radical (unpaired) electrons. The third-order valence-corrected chi connectivity index (χ3v) is 15.1. The number of hydrogen-bond acceptors (Lipinski definition) is 8. The van der Waals surface area contributed by atoms with Gasteiger partial charge in [-0.25, -0.2) is 22.5 Å². The van der Waals surface area contributed by atoms with Crippen LogP contribution in [0.25, 0.3) is 22.2 Å². The normalized spacial score (nSPS) is 12.6. The summed E-state index contributed by atoms with van der Waals surface area (Å²) in [5.74, 6) is -0.986. The Bertz CT molecular complexity index is 2300. The number of halogens is 5. The maximum absolute atomic E-state index is 15.8. The van der Waals surface area contributed by atoms with Gasteiger partial charge in [-0.2, -0.15) is 18.3 Å². The van der Waals surface area contributed by atoms with Gasteiger partial charge in [0, 0.05) is 48.5 Å². The number of aromatic nitrogens is 3. The molecular formula is C40H50F4IN5O5SSi2. The van der Waals surface area contributed by atoms with Gasteiger partial charge in [-0.15, -0.1) is 0 Å². The highest BCUT2D eigenvalue weighted by atomic mass is 127. The summed E-state index contributed by atoms with van der Waals surface area (Å²) in [6.07, 6.45) is -6.01. The lowest BCUT2D eigenvalue weighted by Gasteiger charge is -2.23. The number of para-hydroxylation sites is 1. The van der Waals surface area contributed by atoms with Gasteiger partial charge in [-0.3, -0.25) is 4.31 Å². The second-order valence-electron chi connectivity index (χ2n) is 16.4. The number of anilines is 2. The van der Waals surface area contributed by atoms with E-state index in [9.17, 15) is 21.6 Å². The molecule has 0 aliphatic carbocycles. The van der Waals surface area contributed by atoms with E-state index in [-0.39, 0.29) is 53.4 Å². The highest BCUT2D eigenvalue weighted by Gasteiger charge is 2.31. The molecule has 2 heterocycles. The molecule has 10 nitrogen and oxygen atoms in total. The van der Waals surface area contributed by atoms with E-state index < -0.39 is 44.6 Å². The molecule has 0 spiro atoms. The van der Waals surface area contributed by atoms with E-state index in [2.05, 4.69) is 67.2 Å². The highest BCUT2D eigenvalue weighted by molar-refractivity contribution is 14.1. The molecule has 0 saturated heterocycles. The SMILES string of the molecule is CN(c1ccccc1CNc1nc(-c2cc(F)c(OCOCC[Si](C)(C)C)cc2CC(F)(F)F)cc2c1c(I)nn2COCC[Si](C)(C)C)S(=O)(=O)c1ccccc1. The molecule has 5 aromatic rings. The van der Waals surface area contributed by atoms with Gasteiger partial charge in [-0.1, -0.05) is 75.7 Å². The minimum absolute atomic E-state index is 0.0581. The minimum atomic E-state index is -4.64. The Morgan fingerprint density at radius 2 is 1.52 bits per heavy atom. The highest BCUT2D eigenvalue weighted by Crippen LogP contribution is 2.38. The summed E-state index contributed by atoms with van der Waals surface area (Å²) >= 11 is 2.07. The van der Waals surface area contributed by atoms with Crippen molar-refractivity contribution in [2.45, 2.75) is 82.1 Å². The number of alkyl halides is 3. The number of sulfonamides is 1. The van der Waals surface area contributed by atoms with Gasteiger partial charge >= 0.3 is 6.18 Å². The molecule has 5 rings (SSSR count). The van der Waals surface area contributed by atoms with Crippen LogP contribution in [0.1, 0.15) is 11.1 Å². The Kier molecular flexibility index (Phi) is 14.7. The minimum Gasteiger partial charge on any atom is -0.464 e. The van der Waals surface area contributed by atoms with Gasteiger partial charge in [0.1, 0.15) is 16.2 Å². The Hall–Kier alpha value is -3.57. The molecule has 3 aromatic carbocycles. The first kappa shape index (κ1) is 45.5. The standard InChI is InChI=1S/C40H50F4IN5O5SSi2/c1-49(56(51,52)30-14-9-8-10-15-30)34-16-12-11-13-28(34)25-46-39-37-35(50(48-38(37)45)26-53-17-19-57(2,3)4)23-33(47-39)31-22-32(41)36(21-29(31)24-40(42,43)44)55-27-54-18-20-58(5,6)7/h8-16,21-23H,17-20,24-27H2,1-7H3,(H,46,47). The van der Waals surface area contributed by atoms with Crippen LogP contribution >= 0.6 is 22.6 Å². The van der Waals surface area contributed by atoms with Crippen LogP contribution in [0.15, 0.2) is 77.7 Å². The Morgan fingerprint density at radius 1 is 0.879 bits per heavy atom. The molecule has 0 bridgehead atoms. The van der Waals surface area contributed by atoms with Gasteiger partial charge in [0.15, 0.2) is 18.4 Å². The van der Waals surface area contributed by atoms with Gasteiger partial charge in [0.25, 0.3) is 10.0 Å². The van der Waals surface area contributed by atoms with E-state index in [1.165, 1.54) is 23.5 Å². The van der Waals surface area contributed by atoms with Gasteiger partial charge < -0.3 is 19.5 Å². The number of benzene rings is 3. The van der Waals surface area contributed by atoms with E-state index in [4.69, 9.17) is 24.3 Å². The Balaban J connectivity index is 1.56. The lowest BCUT2D eigenvalue weighted by molar-refractivity contribution is -0.127. The van der Waals surface area contributed by atoms with Crippen LogP contribution in [-0.4, -0.2) is 72.6 Å². The quantitative estimate of drug-likeness (QED) is 0.0287. The van der Waals surface area contributed by atoms with Crippen molar-refractivity contribution in [2.75, 3.05) is 36.7 Å². The maximum atomic E-state index is 15.8. The number of ether oxygens (including phenoxy) is 3. The van der Waals surface area contributed by atoms with E-state index in [0.717, 1.165) is 24.2 Å². The number of rotatable bonds is 19. The number of hydrogen-bond donors (Lipinski definition) is 1. The summed E-state index contributed by atoms with van der Waals surface area (Å²) in [6.45, 7) is 13.9. The number of nitrogens with one attached hydrogen (secondary N) is 1. The molecule has 0 aliphatic heterocycles. The Morgan fingerprint density at radius 3 is 2.17 bits per heavy atom. The van der Waals surface area contributed by atoms with Gasteiger partial charge in [0.2, 0.25) is 0 Å². The lowest BCUT2D eigenvalue weighted by Crippen LogP contribution is -2.27. The molecule has 0 fully saturated rings. The smallest absolute Gasteiger partial charge is 0.393 e. The van der Waals surface area contributed by atoms with Crippen molar-refractivity contribution in [2.24, 2.45) is 0 Å². The van der Waals surface area contributed by atoms with Crippen molar-refractivity contribution >= 4 is 71.2 Å². The van der Waals surface area contributed by atoms with Crippen molar-refractivity contribution < 1.29 is 40.2 Å². The van der Waals surface area contributed by atoms with E-state index >= 15 is 4.39 Å². The number of pyridine rings is 1. The van der Waals surface area contributed by atoms with E-state index in [0.29, 0.717) is 39.1 Å². The first-order chi connectivity index (χ1) is 27.1. The van der Waals surface area contributed by atoms with Crippen LogP contribution in [0, 0.1) is 9.52 Å². The monoisotopic (exact) mass is 971 g/mol. The fourth-order valence-corrected chi connectivity index (χ4v) is 9.48. The van der Waals surface area contributed by atoms with Crippen LogP contribution in [0.5, 0.6) is 5.75 Å². The summed E-state index contributed by atoms with van der Waals surface area (Å²) in [4.78, 5) is 4.92. The predicted molar refractivity (Wildman–Crippen MR) is 235 cm³/mol. The van der Waals surface area contributed by atoms with Crippen LogP contribution < -0.4 is 14.4 Å². The molecule has 2 aromatic heterocycles. The maximum Gasteiger partial charge on any atom is 0.393 e. The molecule has 0 saturated carbocycles. The molecule has 0 amide bonds. The number of nitrogens with zero attached hydrogens (tertiary/aromatic N) is 4. The third kappa shape index (κ3) is 12.2. The molecule has 18 heteroatoms. The zero-order valence-corrected chi connectivity index (χ0v) is 38.7. The second-order valence-corrected chi connectivity index (χ2v) is 30.6. The van der Waals surface area contributed by atoms with Crippen molar-refractivity contribution in [3.63, 3.8) is 0 Å². The zero-order chi connectivity index (χ0) is 42.5. The summed E-state index contributed by atoms with van der Waals surface area (Å²) < 4.78 is 106. The van der Waals surface area contributed by atoms with Crippen molar-refractivity contribution in [3.05, 3.63) is 93.4 Å². The van der Waals surface area contributed by atoms with Crippen LogP contribution in [0.3, 0.4) is 0 Å². The summed E-state index contributed by atoms with van der Waals surface area (Å²) in [6, 6.07) is 20.4. The predicted octanol–water partition coefficient (Wildman–Crippen LogP) is 10.4. The van der Waals surface area contributed by atoms with Crippen LogP contribution in [0.4, 0.5) is 29.1 Å². The lowest BCUT2D eigenvalue weighted by atomic mass is 9.99. The van der Waals surface area contributed by atoms with Crippen molar-refractivity contribution in [3.8, 4) is 17.0 Å². The van der Waals surface area contributed by atoms with E-state index in [1.807, 2.05) is 0 Å². The average Bonchev–Trinajstić information content (AvgIpc) is 3.46. The van der Waals surface area contributed by atoms with Gasteiger partial charge in [-0.05, 0) is 82.2 Å². The molecule has 314 valence electrons. The summed E-state index contributed by atoms with van der Waals surface area (Å²) in [5.41, 5.74) is 1.23. The molecular weight excluding hydrogens is 922 g/mol. The first-order valence-electron chi connectivity index (χ1n) is 18.7. The van der Waals surface area contributed by atoms with Gasteiger partial charge in [0.05, 0.1) is 33.6 Å². The Labute approximate surface area is 353 Å². The second kappa shape index (κ2) is 18.8. The van der Waals surface area contributed by atoms with E-state index in [1.54, 1.807) is 53.2 Å².